The summed E-state index contributed by atoms with van der Waals surface area (Å²) in [5.41, 5.74) is 6.72. The third-order valence-electron chi connectivity index (χ3n) is 3.02. The Balaban J connectivity index is 1.99. The zero-order valence-electron chi connectivity index (χ0n) is 8.95. The van der Waals surface area contributed by atoms with Crippen molar-refractivity contribution in [2.24, 2.45) is 11.7 Å². The molecule has 0 radical (unpaired) electrons. The summed E-state index contributed by atoms with van der Waals surface area (Å²) in [6.07, 6.45) is 2.92. The van der Waals surface area contributed by atoms with Crippen LogP contribution in [-0.4, -0.2) is 11.9 Å². The van der Waals surface area contributed by atoms with E-state index in [9.17, 15) is 4.79 Å². The first-order valence-electron chi connectivity index (χ1n) is 5.49. The maximum absolute atomic E-state index is 11.9. The van der Waals surface area contributed by atoms with Crippen LogP contribution >= 0.6 is 15.9 Å². The number of anilines is 1. The Morgan fingerprint density at radius 3 is 2.56 bits per heavy atom. The van der Waals surface area contributed by atoms with Crippen molar-refractivity contribution >= 4 is 27.5 Å². The average Bonchev–Trinajstić information content (AvgIpc) is 2.68. The highest BCUT2D eigenvalue weighted by molar-refractivity contribution is 9.10. The maximum atomic E-state index is 11.9. The second kappa shape index (κ2) is 4.97. The topological polar surface area (TPSA) is 55.1 Å². The number of amides is 1. The van der Waals surface area contributed by atoms with E-state index in [2.05, 4.69) is 21.2 Å². The van der Waals surface area contributed by atoms with Crippen molar-refractivity contribution in [2.45, 2.75) is 25.3 Å². The minimum absolute atomic E-state index is 0.0236. The molecule has 0 spiro atoms. The summed E-state index contributed by atoms with van der Waals surface area (Å²) in [4.78, 5) is 11.9. The molecule has 2 rings (SSSR count). The Morgan fingerprint density at radius 2 is 2.00 bits per heavy atom. The zero-order valence-corrected chi connectivity index (χ0v) is 10.5. The zero-order chi connectivity index (χ0) is 11.5. The molecule has 0 heterocycles. The molecule has 1 aliphatic rings. The average molecular weight is 283 g/mol. The van der Waals surface area contributed by atoms with Gasteiger partial charge in [-0.1, -0.05) is 22.4 Å². The largest absolute Gasteiger partial charge is 0.327 e. The summed E-state index contributed by atoms with van der Waals surface area (Å²) >= 11 is 3.35. The van der Waals surface area contributed by atoms with Gasteiger partial charge in [0.15, 0.2) is 0 Å². The summed E-state index contributed by atoms with van der Waals surface area (Å²) in [5.74, 6) is 0.0240. The predicted molar refractivity (Wildman–Crippen MR) is 68.1 cm³/mol. The van der Waals surface area contributed by atoms with Crippen molar-refractivity contribution < 1.29 is 4.79 Å². The van der Waals surface area contributed by atoms with Gasteiger partial charge in [-0.05, 0) is 37.1 Å². The number of benzene rings is 1. The molecule has 2 unspecified atom stereocenters. The van der Waals surface area contributed by atoms with Crippen LogP contribution in [0.4, 0.5) is 5.69 Å². The number of carbonyl (C=O) groups is 1. The van der Waals surface area contributed by atoms with Crippen LogP contribution in [-0.2, 0) is 4.79 Å². The Labute approximate surface area is 104 Å². The van der Waals surface area contributed by atoms with E-state index < -0.39 is 0 Å². The number of nitrogens with two attached hydrogens (primary N) is 1. The van der Waals surface area contributed by atoms with E-state index in [1.54, 1.807) is 0 Å². The van der Waals surface area contributed by atoms with Gasteiger partial charge >= 0.3 is 0 Å². The van der Waals surface area contributed by atoms with Crippen LogP contribution in [0, 0.1) is 5.92 Å². The van der Waals surface area contributed by atoms with Gasteiger partial charge in [-0.2, -0.15) is 0 Å². The predicted octanol–water partition coefficient (Wildman–Crippen LogP) is 2.52. The summed E-state index contributed by atoms with van der Waals surface area (Å²) in [5, 5.41) is 2.90. The lowest BCUT2D eigenvalue weighted by molar-refractivity contribution is -0.120. The first-order chi connectivity index (χ1) is 7.66. The third-order valence-corrected chi connectivity index (χ3v) is 3.55. The van der Waals surface area contributed by atoms with E-state index in [-0.39, 0.29) is 17.9 Å². The highest BCUT2D eigenvalue weighted by Gasteiger charge is 2.30. The van der Waals surface area contributed by atoms with Crippen molar-refractivity contribution in [3.8, 4) is 0 Å². The lowest BCUT2D eigenvalue weighted by atomic mass is 10.0. The van der Waals surface area contributed by atoms with Gasteiger partial charge in [0.25, 0.3) is 0 Å². The first-order valence-corrected chi connectivity index (χ1v) is 6.28. The summed E-state index contributed by atoms with van der Waals surface area (Å²) in [7, 11) is 0. The van der Waals surface area contributed by atoms with E-state index in [0.717, 1.165) is 29.4 Å². The molecule has 3 N–H and O–H groups in total. The fourth-order valence-corrected chi connectivity index (χ4v) is 2.35. The highest BCUT2D eigenvalue weighted by atomic mass is 79.9. The Morgan fingerprint density at radius 1 is 1.31 bits per heavy atom. The molecule has 1 aliphatic carbocycles. The van der Waals surface area contributed by atoms with Gasteiger partial charge in [0.1, 0.15) is 0 Å². The van der Waals surface area contributed by atoms with Gasteiger partial charge in [0.2, 0.25) is 5.91 Å². The third kappa shape index (κ3) is 2.62. The molecule has 16 heavy (non-hydrogen) atoms. The molecule has 3 nitrogen and oxygen atoms in total. The molecule has 1 fully saturated rings. The minimum atomic E-state index is -0.0244. The van der Waals surface area contributed by atoms with Crippen LogP contribution in [0.3, 0.4) is 0 Å². The number of halogens is 1. The molecule has 1 amide bonds. The highest BCUT2D eigenvalue weighted by Crippen LogP contribution is 2.25. The molecule has 4 heteroatoms. The van der Waals surface area contributed by atoms with Crippen molar-refractivity contribution in [3.05, 3.63) is 28.7 Å². The SMILES string of the molecule is NC1CCCC1C(=O)Nc1ccc(Br)cc1. The van der Waals surface area contributed by atoms with E-state index in [4.69, 9.17) is 5.73 Å². The van der Waals surface area contributed by atoms with Crippen molar-refractivity contribution in [3.63, 3.8) is 0 Å². The lowest BCUT2D eigenvalue weighted by Crippen LogP contribution is -2.34. The number of hydrogen-bond donors (Lipinski definition) is 2. The smallest absolute Gasteiger partial charge is 0.229 e. The van der Waals surface area contributed by atoms with Gasteiger partial charge in [0, 0.05) is 16.2 Å². The number of carbonyl (C=O) groups excluding carboxylic acids is 1. The molecular formula is C12H15BrN2O. The van der Waals surface area contributed by atoms with Crippen LogP contribution in [0.2, 0.25) is 0 Å². The number of hydrogen-bond acceptors (Lipinski definition) is 2. The van der Waals surface area contributed by atoms with E-state index in [0.29, 0.717) is 0 Å². The number of rotatable bonds is 2. The first kappa shape index (κ1) is 11.6. The second-order valence-corrected chi connectivity index (χ2v) is 5.11. The maximum Gasteiger partial charge on any atom is 0.229 e. The Bertz CT molecular complexity index is 377. The van der Waals surface area contributed by atoms with Gasteiger partial charge in [0.05, 0.1) is 5.92 Å². The molecule has 2 atom stereocenters. The molecule has 0 aromatic heterocycles. The van der Waals surface area contributed by atoms with Crippen LogP contribution in [0.15, 0.2) is 28.7 Å². The monoisotopic (exact) mass is 282 g/mol. The van der Waals surface area contributed by atoms with Crippen LogP contribution in [0.5, 0.6) is 0 Å². The van der Waals surface area contributed by atoms with Gasteiger partial charge < -0.3 is 11.1 Å². The van der Waals surface area contributed by atoms with Gasteiger partial charge in [-0.25, -0.2) is 0 Å². The van der Waals surface area contributed by atoms with Gasteiger partial charge in [-0.15, -0.1) is 0 Å². The molecule has 0 aliphatic heterocycles. The molecular weight excluding hydrogens is 268 g/mol. The standard InChI is InChI=1S/C12H15BrN2O/c13-8-4-6-9(7-5-8)15-12(16)10-2-1-3-11(10)14/h4-7,10-11H,1-3,14H2,(H,15,16). The normalized spacial score (nSPS) is 24.4. The van der Waals surface area contributed by atoms with Crippen LogP contribution < -0.4 is 11.1 Å². The molecule has 0 bridgehead atoms. The van der Waals surface area contributed by atoms with Crippen molar-refractivity contribution in [2.75, 3.05) is 5.32 Å². The van der Waals surface area contributed by atoms with Crippen molar-refractivity contribution in [1.29, 1.82) is 0 Å². The van der Waals surface area contributed by atoms with Crippen LogP contribution in [0.1, 0.15) is 19.3 Å². The van der Waals surface area contributed by atoms with Crippen LogP contribution in [0.25, 0.3) is 0 Å². The summed E-state index contributed by atoms with van der Waals surface area (Å²) < 4.78 is 1.00. The van der Waals surface area contributed by atoms with Gasteiger partial charge in [-0.3, -0.25) is 4.79 Å². The Kier molecular flexibility index (Phi) is 3.61. The fourth-order valence-electron chi connectivity index (χ4n) is 2.08. The number of nitrogens with one attached hydrogen (secondary N) is 1. The lowest BCUT2D eigenvalue weighted by Gasteiger charge is -2.15. The second-order valence-electron chi connectivity index (χ2n) is 4.20. The molecule has 0 saturated heterocycles. The fraction of sp³-hybridized carbons (Fsp3) is 0.417. The van der Waals surface area contributed by atoms with E-state index >= 15 is 0 Å². The molecule has 1 saturated carbocycles. The van der Waals surface area contributed by atoms with E-state index in [1.807, 2.05) is 24.3 Å². The summed E-state index contributed by atoms with van der Waals surface area (Å²) in [6, 6.07) is 7.59. The molecule has 86 valence electrons. The molecule has 1 aromatic carbocycles. The minimum Gasteiger partial charge on any atom is -0.327 e. The Hall–Kier alpha value is -0.870. The van der Waals surface area contributed by atoms with Crippen molar-refractivity contribution in [1.82, 2.24) is 0 Å². The quantitative estimate of drug-likeness (QED) is 0.876. The summed E-state index contributed by atoms with van der Waals surface area (Å²) in [6.45, 7) is 0. The van der Waals surface area contributed by atoms with E-state index in [1.165, 1.54) is 0 Å². The molecule has 1 aromatic rings.